The van der Waals surface area contributed by atoms with Crippen LogP contribution in [0.1, 0.15) is 18.0 Å². The largest absolute Gasteiger partial charge is 0.313 e. The van der Waals surface area contributed by atoms with E-state index in [0.717, 1.165) is 5.56 Å². The number of para-hydroxylation sites is 1. The molecule has 0 bridgehead atoms. The predicted molar refractivity (Wildman–Crippen MR) is 93.7 cm³/mol. The second-order valence-corrected chi connectivity index (χ2v) is 6.38. The van der Waals surface area contributed by atoms with Gasteiger partial charge in [-0.15, -0.1) is 0 Å². The molecule has 2 aromatic carbocycles. The molecule has 4 nitrogen and oxygen atoms in total. The third-order valence-corrected chi connectivity index (χ3v) is 4.55. The molecule has 0 aromatic heterocycles. The van der Waals surface area contributed by atoms with E-state index < -0.39 is 0 Å². The van der Waals surface area contributed by atoms with Gasteiger partial charge in [-0.05, 0) is 36.2 Å². The van der Waals surface area contributed by atoms with E-state index in [-0.39, 0.29) is 18.0 Å². The van der Waals surface area contributed by atoms with Crippen LogP contribution in [0.4, 0.5) is 5.69 Å². The van der Waals surface area contributed by atoms with E-state index in [9.17, 15) is 4.79 Å². The van der Waals surface area contributed by atoms with Gasteiger partial charge < -0.3 is 4.90 Å². The minimum atomic E-state index is -0.319. The molecule has 120 valence electrons. The molecule has 1 amide bonds. The summed E-state index contributed by atoms with van der Waals surface area (Å²) in [4.78, 5) is 14.3. The van der Waals surface area contributed by atoms with E-state index in [0.29, 0.717) is 22.2 Å². The van der Waals surface area contributed by atoms with Crippen LogP contribution in [0.25, 0.3) is 0 Å². The fraction of sp³-hybridized carbons (Fsp3) is 0.235. The van der Waals surface area contributed by atoms with Gasteiger partial charge in [0.25, 0.3) is 0 Å². The molecule has 0 saturated carbocycles. The maximum Gasteiger partial charge on any atom is 0.245 e. The Bertz CT molecular complexity index is 722. The van der Waals surface area contributed by atoms with Gasteiger partial charge in [-0.1, -0.05) is 47.5 Å². The second kappa shape index (κ2) is 6.89. The molecular weight excluding hydrogens is 333 g/mol. The Balaban J connectivity index is 1.71. The van der Waals surface area contributed by atoms with Gasteiger partial charge in [-0.2, -0.15) is 0 Å². The maximum atomic E-state index is 12.7. The highest BCUT2D eigenvalue weighted by Crippen LogP contribution is 2.28. The number of hydrogen-bond acceptors (Lipinski definition) is 3. The Labute approximate surface area is 145 Å². The first-order chi connectivity index (χ1) is 11.1. The molecule has 2 N–H and O–H groups in total. The molecule has 1 aliphatic rings. The molecule has 3 rings (SSSR count). The first-order valence-electron chi connectivity index (χ1n) is 7.35. The minimum absolute atomic E-state index is 0.0323. The number of likely N-dealkylation sites (N-methyl/N-ethyl adjacent to an activating group) is 1. The van der Waals surface area contributed by atoms with Crippen molar-refractivity contribution in [3.63, 3.8) is 0 Å². The van der Waals surface area contributed by atoms with Crippen LogP contribution < -0.4 is 15.8 Å². The van der Waals surface area contributed by atoms with E-state index >= 15 is 0 Å². The van der Waals surface area contributed by atoms with E-state index in [2.05, 4.69) is 10.9 Å². The third-order valence-electron chi connectivity index (χ3n) is 4.00. The Morgan fingerprint density at radius 3 is 2.65 bits per heavy atom. The number of hydrogen-bond donors (Lipinski definition) is 2. The zero-order valence-corrected chi connectivity index (χ0v) is 14.1. The average molecular weight is 350 g/mol. The van der Waals surface area contributed by atoms with Crippen LogP contribution in [0.5, 0.6) is 0 Å². The predicted octanol–water partition coefficient (Wildman–Crippen LogP) is 3.56. The highest BCUT2D eigenvalue weighted by molar-refractivity contribution is 6.33. The van der Waals surface area contributed by atoms with Crippen molar-refractivity contribution in [3.05, 3.63) is 64.1 Å². The van der Waals surface area contributed by atoms with E-state index in [1.54, 1.807) is 18.0 Å². The first kappa shape index (κ1) is 16.3. The minimum Gasteiger partial charge on any atom is -0.313 e. The van der Waals surface area contributed by atoms with Gasteiger partial charge in [0, 0.05) is 18.1 Å². The lowest BCUT2D eigenvalue weighted by Gasteiger charge is -2.21. The number of hydrazine groups is 1. The smallest absolute Gasteiger partial charge is 0.245 e. The Morgan fingerprint density at radius 1 is 1.13 bits per heavy atom. The van der Waals surface area contributed by atoms with Crippen molar-refractivity contribution in [2.45, 2.75) is 18.5 Å². The van der Waals surface area contributed by atoms with Crippen molar-refractivity contribution in [1.82, 2.24) is 10.9 Å². The topological polar surface area (TPSA) is 44.4 Å². The van der Waals surface area contributed by atoms with Crippen molar-refractivity contribution in [2.24, 2.45) is 0 Å². The molecule has 23 heavy (non-hydrogen) atoms. The SMILES string of the molecule is CN(C(=O)C1CC(c2cccc(Cl)c2)NN1)c1ccccc1Cl. The summed E-state index contributed by atoms with van der Waals surface area (Å²) in [6, 6.07) is 14.7. The molecule has 1 saturated heterocycles. The lowest BCUT2D eigenvalue weighted by atomic mass is 10.0. The quantitative estimate of drug-likeness (QED) is 0.890. The van der Waals surface area contributed by atoms with Gasteiger partial charge in [0.15, 0.2) is 0 Å². The van der Waals surface area contributed by atoms with Crippen LogP contribution in [0.2, 0.25) is 10.0 Å². The van der Waals surface area contributed by atoms with Crippen LogP contribution in [-0.2, 0) is 4.79 Å². The first-order valence-corrected chi connectivity index (χ1v) is 8.10. The zero-order chi connectivity index (χ0) is 16.4. The lowest BCUT2D eigenvalue weighted by molar-refractivity contribution is -0.120. The number of benzene rings is 2. The Hall–Kier alpha value is -1.59. The fourth-order valence-electron chi connectivity index (χ4n) is 2.74. The molecule has 0 spiro atoms. The molecule has 1 fully saturated rings. The van der Waals surface area contributed by atoms with Gasteiger partial charge in [-0.3, -0.25) is 4.79 Å². The molecule has 2 aromatic rings. The molecule has 0 radical (unpaired) electrons. The number of carbonyl (C=O) groups is 1. The summed E-state index contributed by atoms with van der Waals surface area (Å²) in [5, 5.41) is 1.24. The number of anilines is 1. The summed E-state index contributed by atoms with van der Waals surface area (Å²) in [6.45, 7) is 0. The summed E-state index contributed by atoms with van der Waals surface area (Å²) in [7, 11) is 1.73. The third kappa shape index (κ3) is 3.51. The molecule has 6 heteroatoms. The zero-order valence-electron chi connectivity index (χ0n) is 12.6. The van der Waals surface area contributed by atoms with Crippen molar-refractivity contribution in [2.75, 3.05) is 11.9 Å². The second-order valence-electron chi connectivity index (χ2n) is 5.53. The number of nitrogens with zero attached hydrogens (tertiary/aromatic N) is 1. The van der Waals surface area contributed by atoms with Crippen molar-refractivity contribution < 1.29 is 4.79 Å². The summed E-state index contributed by atoms with van der Waals surface area (Å²) < 4.78 is 0. The standard InChI is InChI=1S/C17H17Cl2N3O/c1-22(16-8-3-2-7-13(16)19)17(23)15-10-14(20-21-15)11-5-4-6-12(18)9-11/h2-9,14-15,20-21H,10H2,1H3. The van der Waals surface area contributed by atoms with Crippen LogP contribution >= 0.6 is 23.2 Å². The van der Waals surface area contributed by atoms with E-state index in [1.807, 2.05) is 42.5 Å². The molecule has 2 unspecified atom stereocenters. The van der Waals surface area contributed by atoms with Crippen LogP contribution in [0.15, 0.2) is 48.5 Å². The van der Waals surface area contributed by atoms with Crippen molar-refractivity contribution in [1.29, 1.82) is 0 Å². The Morgan fingerprint density at radius 2 is 1.91 bits per heavy atom. The van der Waals surface area contributed by atoms with Crippen molar-refractivity contribution >= 4 is 34.8 Å². The van der Waals surface area contributed by atoms with Gasteiger partial charge in [-0.25, -0.2) is 10.9 Å². The van der Waals surface area contributed by atoms with Gasteiger partial charge >= 0.3 is 0 Å². The maximum absolute atomic E-state index is 12.7. The molecule has 1 heterocycles. The van der Waals surface area contributed by atoms with Gasteiger partial charge in [0.05, 0.1) is 10.7 Å². The molecule has 2 atom stereocenters. The van der Waals surface area contributed by atoms with Crippen molar-refractivity contribution in [3.8, 4) is 0 Å². The van der Waals surface area contributed by atoms with Crippen LogP contribution in [0.3, 0.4) is 0 Å². The lowest BCUT2D eigenvalue weighted by Crippen LogP contribution is -2.44. The van der Waals surface area contributed by atoms with Crippen LogP contribution in [-0.4, -0.2) is 19.0 Å². The number of amides is 1. The van der Waals surface area contributed by atoms with E-state index in [1.165, 1.54) is 0 Å². The normalized spacial score (nSPS) is 20.5. The number of halogens is 2. The highest BCUT2D eigenvalue weighted by Gasteiger charge is 2.32. The number of carbonyl (C=O) groups excluding carboxylic acids is 1. The molecular formula is C17H17Cl2N3O. The molecule has 0 aliphatic carbocycles. The van der Waals surface area contributed by atoms with Crippen LogP contribution in [0, 0.1) is 0 Å². The summed E-state index contributed by atoms with van der Waals surface area (Å²) >= 11 is 12.2. The average Bonchev–Trinajstić information content (AvgIpc) is 3.04. The number of nitrogens with one attached hydrogen (secondary N) is 2. The van der Waals surface area contributed by atoms with Gasteiger partial charge in [0.2, 0.25) is 5.91 Å². The Kier molecular flexibility index (Phi) is 4.87. The summed E-state index contributed by atoms with van der Waals surface area (Å²) in [5.41, 5.74) is 7.99. The fourth-order valence-corrected chi connectivity index (χ4v) is 3.20. The monoisotopic (exact) mass is 349 g/mol. The summed E-state index contributed by atoms with van der Waals surface area (Å²) in [5.74, 6) is -0.0323. The van der Waals surface area contributed by atoms with Gasteiger partial charge in [0.1, 0.15) is 6.04 Å². The molecule has 1 aliphatic heterocycles. The number of rotatable bonds is 3. The highest BCUT2D eigenvalue weighted by atomic mass is 35.5. The van der Waals surface area contributed by atoms with E-state index in [4.69, 9.17) is 23.2 Å². The summed E-state index contributed by atoms with van der Waals surface area (Å²) in [6.07, 6.45) is 0.647.